The van der Waals surface area contributed by atoms with Crippen LogP contribution in [0.4, 0.5) is 0 Å². The third kappa shape index (κ3) is 1.53. The van der Waals surface area contributed by atoms with Gasteiger partial charge in [-0.15, -0.1) is 0 Å². The Morgan fingerprint density at radius 3 is 2.72 bits per heavy atom. The molecule has 1 aromatic rings. The molecule has 2 N–H and O–H groups in total. The Bertz CT molecular complexity index is 467. The Morgan fingerprint density at radius 2 is 2.11 bits per heavy atom. The minimum Gasteiger partial charge on any atom is -0.374 e. The molecule has 3 fully saturated rings. The second kappa shape index (κ2) is 3.54. The molecule has 1 saturated carbocycles. The lowest BCUT2D eigenvalue weighted by molar-refractivity contribution is 0.0996. The molecule has 2 aliphatic heterocycles. The molecule has 18 heavy (non-hydrogen) atoms. The van der Waals surface area contributed by atoms with E-state index in [9.17, 15) is 0 Å². The average molecular weight is 249 g/mol. The second-order valence-corrected chi connectivity index (χ2v) is 6.23. The molecule has 4 atom stereocenters. The van der Waals surface area contributed by atoms with E-state index in [0.29, 0.717) is 29.9 Å². The third-order valence-electron chi connectivity index (χ3n) is 4.77. The first-order valence-corrected chi connectivity index (χ1v) is 6.93. The first-order chi connectivity index (χ1) is 8.64. The highest BCUT2D eigenvalue weighted by atomic mass is 16.5. The van der Waals surface area contributed by atoms with Crippen LogP contribution in [-0.2, 0) is 10.3 Å². The van der Waals surface area contributed by atoms with E-state index in [4.69, 9.17) is 15.0 Å². The van der Waals surface area contributed by atoms with E-state index in [2.05, 4.69) is 10.1 Å². The first kappa shape index (κ1) is 10.9. The minimum atomic E-state index is -0.455. The molecule has 0 aromatic carbocycles. The van der Waals surface area contributed by atoms with Gasteiger partial charge in [0.1, 0.15) is 0 Å². The zero-order chi connectivity index (χ0) is 12.3. The fraction of sp³-hybridized carbons (Fsp3) is 0.846. The SMILES string of the molecule is CC(N)(c1nc(C2CC3CCC2O3)no1)C1CC1. The van der Waals surface area contributed by atoms with Crippen LogP contribution in [0.25, 0.3) is 0 Å². The van der Waals surface area contributed by atoms with Crippen molar-refractivity contribution < 1.29 is 9.26 Å². The van der Waals surface area contributed by atoms with Gasteiger partial charge in [-0.3, -0.25) is 0 Å². The smallest absolute Gasteiger partial charge is 0.246 e. The predicted octanol–water partition coefficient (Wildman–Crippen LogP) is 1.69. The van der Waals surface area contributed by atoms with E-state index in [1.165, 1.54) is 19.3 Å². The van der Waals surface area contributed by atoms with Crippen LogP contribution in [0.15, 0.2) is 4.52 Å². The first-order valence-electron chi connectivity index (χ1n) is 6.93. The molecule has 2 saturated heterocycles. The summed E-state index contributed by atoms with van der Waals surface area (Å²) >= 11 is 0. The van der Waals surface area contributed by atoms with Gasteiger partial charge < -0.3 is 15.0 Å². The van der Waals surface area contributed by atoms with Crippen LogP contribution in [0.5, 0.6) is 0 Å². The molecule has 0 spiro atoms. The molecule has 1 aromatic heterocycles. The normalized spacial score (nSPS) is 38.0. The van der Waals surface area contributed by atoms with Crippen LogP contribution >= 0.6 is 0 Å². The Morgan fingerprint density at radius 1 is 1.28 bits per heavy atom. The monoisotopic (exact) mass is 249 g/mol. The van der Waals surface area contributed by atoms with Gasteiger partial charge in [-0.1, -0.05) is 5.16 Å². The van der Waals surface area contributed by atoms with Crippen molar-refractivity contribution in [2.75, 3.05) is 0 Å². The fourth-order valence-corrected chi connectivity index (χ4v) is 3.37. The highest BCUT2D eigenvalue weighted by Crippen LogP contribution is 2.46. The number of aromatic nitrogens is 2. The summed E-state index contributed by atoms with van der Waals surface area (Å²) in [4.78, 5) is 4.56. The van der Waals surface area contributed by atoms with Gasteiger partial charge in [0.05, 0.1) is 23.7 Å². The van der Waals surface area contributed by atoms with E-state index in [1.807, 2.05) is 6.92 Å². The zero-order valence-electron chi connectivity index (χ0n) is 10.6. The highest BCUT2D eigenvalue weighted by molar-refractivity contribution is 5.12. The van der Waals surface area contributed by atoms with E-state index in [-0.39, 0.29) is 0 Å². The number of hydrogen-bond donors (Lipinski definition) is 1. The van der Waals surface area contributed by atoms with E-state index in [0.717, 1.165) is 18.7 Å². The van der Waals surface area contributed by atoms with Crippen molar-refractivity contribution >= 4 is 0 Å². The van der Waals surface area contributed by atoms with Gasteiger partial charge in [-0.05, 0) is 44.9 Å². The molecular formula is C13H19N3O2. The van der Waals surface area contributed by atoms with Crippen LogP contribution in [0.3, 0.4) is 0 Å². The lowest BCUT2D eigenvalue weighted by atomic mass is 9.88. The zero-order valence-corrected chi connectivity index (χ0v) is 10.6. The molecular weight excluding hydrogens is 230 g/mol. The Labute approximate surface area is 106 Å². The van der Waals surface area contributed by atoms with Gasteiger partial charge in [-0.2, -0.15) is 4.98 Å². The van der Waals surface area contributed by atoms with Gasteiger partial charge in [-0.25, -0.2) is 0 Å². The summed E-state index contributed by atoms with van der Waals surface area (Å²) in [5.41, 5.74) is 5.85. The Kier molecular flexibility index (Phi) is 2.15. The maximum absolute atomic E-state index is 6.30. The predicted molar refractivity (Wildman–Crippen MR) is 63.8 cm³/mol. The van der Waals surface area contributed by atoms with Crippen molar-refractivity contribution in [2.45, 2.75) is 62.7 Å². The molecule has 5 heteroatoms. The van der Waals surface area contributed by atoms with Crippen LogP contribution in [0, 0.1) is 5.92 Å². The van der Waals surface area contributed by atoms with Crippen LogP contribution in [-0.4, -0.2) is 22.3 Å². The summed E-state index contributed by atoms with van der Waals surface area (Å²) < 4.78 is 11.3. The minimum absolute atomic E-state index is 0.297. The molecule has 3 aliphatic rings. The molecule has 4 rings (SSSR count). The van der Waals surface area contributed by atoms with Gasteiger partial charge in [0.25, 0.3) is 0 Å². The van der Waals surface area contributed by atoms with E-state index < -0.39 is 5.54 Å². The maximum atomic E-state index is 6.30. The average Bonchev–Trinajstić information content (AvgIpc) is 2.81. The van der Waals surface area contributed by atoms with Crippen molar-refractivity contribution in [3.8, 4) is 0 Å². The summed E-state index contributed by atoms with van der Waals surface area (Å²) in [5.74, 6) is 2.22. The Hall–Kier alpha value is -0.940. The number of fused-ring (bicyclic) bond motifs is 2. The number of nitrogens with zero attached hydrogens (tertiary/aromatic N) is 2. The quantitative estimate of drug-likeness (QED) is 0.882. The van der Waals surface area contributed by atoms with E-state index >= 15 is 0 Å². The highest BCUT2D eigenvalue weighted by Gasteiger charge is 2.47. The van der Waals surface area contributed by atoms with Gasteiger partial charge >= 0.3 is 0 Å². The number of rotatable bonds is 3. The van der Waals surface area contributed by atoms with Crippen molar-refractivity contribution in [1.29, 1.82) is 0 Å². The third-order valence-corrected chi connectivity index (χ3v) is 4.77. The van der Waals surface area contributed by atoms with Crippen molar-refractivity contribution in [3.63, 3.8) is 0 Å². The number of nitrogens with two attached hydrogens (primary N) is 1. The summed E-state index contributed by atoms with van der Waals surface area (Å²) in [6, 6.07) is 0. The molecule has 0 radical (unpaired) electrons. The topological polar surface area (TPSA) is 74.2 Å². The molecule has 0 amide bonds. The van der Waals surface area contributed by atoms with Crippen LogP contribution in [0.2, 0.25) is 0 Å². The molecule has 98 valence electrons. The van der Waals surface area contributed by atoms with Crippen molar-refractivity contribution in [2.24, 2.45) is 11.7 Å². The van der Waals surface area contributed by atoms with Crippen molar-refractivity contribution in [1.82, 2.24) is 10.1 Å². The van der Waals surface area contributed by atoms with Crippen LogP contribution < -0.4 is 5.73 Å². The summed E-state index contributed by atoms with van der Waals surface area (Å²) in [6.07, 6.45) is 6.39. The van der Waals surface area contributed by atoms with Gasteiger partial charge in [0, 0.05) is 0 Å². The molecule has 2 bridgehead atoms. The molecule has 1 aliphatic carbocycles. The largest absolute Gasteiger partial charge is 0.374 e. The molecule has 4 unspecified atom stereocenters. The van der Waals surface area contributed by atoms with Gasteiger partial charge in [0.15, 0.2) is 5.82 Å². The van der Waals surface area contributed by atoms with Crippen molar-refractivity contribution in [3.05, 3.63) is 11.7 Å². The number of hydrogen-bond acceptors (Lipinski definition) is 5. The standard InChI is InChI=1S/C13H19N3O2/c1-13(14,7-2-3-7)12-15-11(16-18-12)9-6-8-4-5-10(9)17-8/h7-10H,2-6,14H2,1H3. The summed E-state index contributed by atoms with van der Waals surface area (Å²) in [5, 5.41) is 4.15. The summed E-state index contributed by atoms with van der Waals surface area (Å²) in [6.45, 7) is 2.00. The van der Waals surface area contributed by atoms with Crippen LogP contribution in [0.1, 0.15) is 56.7 Å². The summed E-state index contributed by atoms with van der Waals surface area (Å²) in [7, 11) is 0. The van der Waals surface area contributed by atoms with E-state index in [1.54, 1.807) is 0 Å². The molecule has 5 nitrogen and oxygen atoms in total. The maximum Gasteiger partial charge on any atom is 0.246 e. The number of ether oxygens (including phenoxy) is 1. The van der Waals surface area contributed by atoms with Gasteiger partial charge in [0.2, 0.25) is 5.89 Å². The lowest BCUT2D eigenvalue weighted by Crippen LogP contribution is -2.35. The molecule has 3 heterocycles. The lowest BCUT2D eigenvalue weighted by Gasteiger charge is -2.18. The Balaban J connectivity index is 1.58. The second-order valence-electron chi connectivity index (χ2n) is 6.23. The fourth-order valence-electron chi connectivity index (χ4n) is 3.37.